The van der Waals surface area contributed by atoms with Crippen molar-refractivity contribution >= 4 is 43.1 Å². The van der Waals surface area contributed by atoms with Crippen molar-refractivity contribution in [3.05, 3.63) is 104 Å². The van der Waals surface area contributed by atoms with E-state index in [2.05, 4.69) is 9.97 Å². The van der Waals surface area contributed by atoms with Gasteiger partial charge in [-0.25, -0.2) is 9.97 Å². The molecule has 0 aliphatic heterocycles. The molecule has 4 aromatic heterocycles. The van der Waals surface area contributed by atoms with Crippen LogP contribution in [0.15, 0.2) is 81.5 Å². The Bertz CT molecular complexity index is 1720. The first-order valence-electron chi connectivity index (χ1n) is 12.1. The predicted octanol–water partition coefficient (Wildman–Crippen LogP) is 6.27. The van der Waals surface area contributed by atoms with E-state index in [4.69, 9.17) is 0 Å². The molecule has 0 N–H and O–H groups in total. The second-order valence-electron chi connectivity index (χ2n) is 9.23. The van der Waals surface area contributed by atoms with E-state index in [1.165, 1.54) is 33.8 Å². The number of aryl methyl sites for hydroxylation is 4. The average molecular weight is 525 g/mol. The fourth-order valence-corrected chi connectivity index (χ4v) is 6.37. The molecule has 2 aromatic carbocycles. The van der Waals surface area contributed by atoms with Crippen molar-refractivity contribution in [1.29, 1.82) is 0 Å². The number of aromatic nitrogens is 4. The summed E-state index contributed by atoms with van der Waals surface area (Å²) in [7, 11) is 0. The molecule has 0 aliphatic rings. The van der Waals surface area contributed by atoms with Gasteiger partial charge in [0.25, 0.3) is 11.1 Å². The van der Waals surface area contributed by atoms with E-state index in [9.17, 15) is 9.59 Å². The summed E-state index contributed by atoms with van der Waals surface area (Å²) in [5.74, 6) is 0. The number of benzene rings is 2. The highest BCUT2D eigenvalue weighted by molar-refractivity contribution is 7.17. The molecule has 37 heavy (non-hydrogen) atoms. The molecule has 0 bridgehead atoms. The normalized spacial score (nSPS) is 11.5. The molecule has 0 radical (unpaired) electrons. The molecule has 0 fully saturated rings. The number of rotatable bonds is 6. The van der Waals surface area contributed by atoms with Gasteiger partial charge in [-0.05, 0) is 31.4 Å². The number of nitrogens with zero attached hydrogens (tertiary/aromatic N) is 4. The summed E-state index contributed by atoms with van der Waals surface area (Å²) in [5.41, 5.74) is 6.10. The first-order chi connectivity index (χ1) is 18.0. The van der Waals surface area contributed by atoms with Gasteiger partial charge in [-0.1, -0.05) is 59.7 Å². The van der Waals surface area contributed by atoms with E-state index in [0.29, 0.717) is 30.3 Å². The molecule has 8 heteroatoms. The fourth-order valence-electron chi connectivity index (χ4n) is 4.56. The highest BCUT2D eigenvalue weighted by atomic mass is 32.1. The molecule has 184 valence electrons. The van der Waals surface area contributed by atoms with Gasteiger partial charge in [0, 0.05) is 35.0 Å². The molecule has 0 spiro atoms. The zero-order chi connectivity index (χ0) is 25.5. The van der Waals surface area contributed by atoms with E-state index < -0.39 is 0 Å². The lowest BCUT2D eigenvalue weighted by atomic mass is 10.1. The second-order valence-corrected chi connectivity index (χ2v) is 10.9. The van der Waals surface area contributed by atoms with Gasteiger partial charge in [-0.15, -0.1) is 22.7 Å². The Morgan fingerprint density at radius 3 is 1.46 bits per heavy atom. The van der Waals surface area contributed by atoms with Crippen LogP contribution >= 0.6 is 22.7 Å². The third kappa shape index (κ3) is 4.32. The summed E-state index contributed by atoms with van der Waals surface area (Å²) < 4.78 is 3.29. The Hall–Kier alpha value is -3.88. The number of thiophene rings is 2. The van der Waals surface area contributed by atoms with Gasteiger partial charge in [0.05, 0.1) is 23.4 Å². The third-order valence-electron chi connectivity index (χ3n) is 6.64. The molecule has 0 saturated carbocycles. The monoisotopic (exact) mass is 524 g/mol. The van der Waals surface area contributed by atoms with E-state index in [0.717, 1.165) is 31.9 Å². The van der Waals surface area contributed by atoms with Crippen LogP contribution in [-0.4, -0.2) is 19.1 Å². The van der Waals surface area contributed by atoms with Gasteiger partial charge in [0.2, 0.25) is 0 Å². The van der Waals surface area contributed by atoms with Gasteiger partial charge in [0.15, 0.2) is 0 Å². The maximum atomic E-state index is 13.4. The summed E-state index contributed by atoms with van der Waals surface area (Å²) in [6.07, 6.45) is 3.82. The third-order valence-corrected chi connectivity index (χ3v) is 8.42. The van der Waals surface area contributed by atoms with Crippen LogP contribution in [0.2, 0.25) is 0 Å². The summed E-state index contributed by atoms with van der Waals surface area (Å²) >= 11 is 2.97. The standard InChI is InChI=1S/C29H24N4O2S2/c1-18-4-8-20(9-5-18)22-14-36-26-24(22)28(34)32(16-30-26)12-3-13-33-17-31-27-25(29(33)35)23(15-37-27)21-10-6-19(2)7-11-21/h4-11,14-17H,3,12-13H2,1-2H3. The molecule has 0 atom stereocenters. The molecule has 0 amide bonds. The Kier molecular flexibility index (Phi) is 6.06. The summed E-state index contributed by atoms with van der Waals surface area (Å²) in [6.45, 7) is 5.02. The van der Waals surface area contributed by atoms with Crippen molar-refractivity contribution in [3.8, 4) is 22.3 Å². The topological polar surface area (TPSA) is 69.8 Å². The highest BCUT2D eigenvalue weighted by Crippen LogP contribution is 2.32. The molecular weight excluding hydrogens is 500 g/mol. The minimum Gasteiger partial charge on any atom is -0.299 e. The van der Waals surface area contributed by atoms with Crippen molar-refractivity contribution in [2.24, 2.45) is 0 Å². The first-order valence-corrected chi connectivity index (χ1v) is 13.8. The fraction of sp³-hybridized carbons (Fsp3) is 0.172. The van der Waals surface area contributed by atoms with Crippen LogP contribution in [0.3, 0.4) is 0 Å². The Labute approximate surface area is 221 Å². The second kappa shape index (κ2) is 9.53. The van der Waals surface area contributed by atoms with Crippen LogP contribution in [0.4, 0.5) is 0 Å². The van der Waals surface area contributed by atoms with Gasteiger partial charge in [-0.2, -0.15) is 0 Å². The molecule has 6 nitrogen and oxygen atoms in total. The lowest BCUT2D eigenvalue weighted by Crippen LogP contribution is -2.24. The molecule has 0 aliphatic carbocycles. The number of hydrogen-bond donors (Lipinski definition) is 0. The van der Waals surface area contributed by atoms with Gasteiger partial charge < -0.3 is 0 Å². The Morgan fingerprint density at radius 2 is 1.05 bits per heavy atom. The minimum atomic E-state index is -0.0535. The maximum Gasteiger partial charge on any atom is 0.262 e. The first kappa shape index (κ1) is 23.5. The van der Waals surface area contributed by atoms with Crippen molar-refractivity contribution in [3.63, 3.8) is 0 Å². The molecular formula is C29H24N4O2S2. The summed E-state index contributed by atoms with van der Waals surface area (Å²) in [6, 6.07) is 16.4. The molecule has 0 unspecified atom stereocenters. The largest absolute Gasteiger partial charge is 0.299 e. The smallest absolute Gasteiger partial charge is 0.262 e. The lowest BCUT2D eigenvalue weighted by molar-refractivity contribution is 0.539. The zero-order valence-corrected chi connectivity index (χ0v) is 22.1. The average Bonchev–Trinajstić information content (AvgIpc) is 3.53. The zero-order valence-electron chi connectivity index (χ0n) is 20.5. The van der Waals surface area contributed by atoms with E-state index in [1.807, 2.05) is 73.1 Å². The van der Waals surface area contributed by atoms with Crippen molar-refractivity contribution in [1.82, 2.24) is 19.1 Å². The number of fused-ring (bicyclic) bond motifs is 2. The Morgan fingerprint density at radius 1 is 0.649 bits per heavy atom. The number of hydrogen-bond acceptors (Lipinski definition) is 6. The molecule has 6 rings (SSSR count). The lowest BCUT2D eigenvalue weighted by Gasteiger charge is -2.09. The van der Waals surface area contributed by atoms with Crippen LogP contribution in [-0.2, 0) is 13.1 Å². The molecule has 0 saturated heterocycles. The molecule has 6 aromatic rings. The van der Waals surface area contributed by atoms with Crippen LogP contribution in [0.1, 0.15) is 17.5 Å². The summed E-state index contributed by atoms with van der Waals surface area (Å²) in [5, 5.41) is 5.30. The van der Waals surface area contributed by atoms with Gasteiger partial charge in [-0.3, -0.25) is 18.7 Å². The van der Waals surface area contributed by atoms with Crippen molar-refractivity contribution < 1.29 is 0 Å². The van der Waals surface area contributed by atoms with E-state index in [1.54, 1.807) is 21.8 Å². The predicted molar refractivity (Wildman–Crippen MR) is 153 cm³/mol. The van der Waals surface area contributed by atoms with Crippen LogP contribution in [0, 0.1) is 13.8 Å². The van der Waals surface area contributed by atoms with Gasteiger partial charge in [0.1, 0.15) is 9.66 Å². The van der Waals surface area contributed by atoms with Crippen molar-refractivity contribution in [2.75, 3.05) is 0 Å². The summed E-state index contributed by atoms with van der Waals surface area (Å²) in [4.78, 5) is 37.3. The highest BCUT2D eigenvalue weighted by Gasteiger charge is 2.15. The van der Waals surface area contributed by atoms with Crippen LogP contribution < -0.4 is 11.1 Å². The van der Waals surface area contributed by atoms with Gasteiger partial charge >= 0.3 is 0 Å². The van der Waals surface area contributed by atoms with E-state index >= 15 is 0 Å². The van der Waals surface area contributed by atoms with Crippen LogP contribution in [0.5, 0.6) is 0 Å². The maximum absolute atomic E-state index is 13.4. The van der Waals surface area contributed by atoms with Crippen molar-refractivity contribution in [2.45, 2.75) is 33.4 Å². The van der Waals surface area contributed by atoms with E-state index in [-0.39, 0.29) is 11.1 Å². The SMILES string of the molecule is Cc1ccc(-c2csc3ncn(CCCn4cnc5scc(-c6ccc(C)cc6)c5c4=O)c(=O)c23)cc1. The molecule has 4 heterocycles. The van der Waals surface area contributed by atoms with Crippen LogP contribution in [0.25, 0.3) is 42.7 Å². The quantitative estimate of drug-likeness (QED) is 0.257. The Balaban J connectivity index is 1.27. The minimum absolute atomic E-state index is 0.0535.